The molecule has 0 saturated heterocycles. The van der Waals surface area contributed by atoms with Gasteiger partial charge in [0.1, 0.15) is 10.7 Å². The fourth-order valence-corrected chi connectivity index (χ4v) is 0.899. The standard InChI is InChI=1S/C7H9FN2O3.ClH/c8-4-3-5(9)6-1-2-7(13-6)10(11)12;/h1-2,5H,3-4,9H2;1H/t5-;/m1./s1. The first-order valence-electron chi connectivity index (χ1n) is 3.71. The zero-order chi connectivity index (χ0) is 9.84. The quantitative estimate of drug-likeness (QED) is 0.626. The van der Waals surface area contributed by atoms with Crippen molar-refractivity contribution in [3.8, 4) is 0 Å². The van der Waals surface area contributed by atoms with Crippen molar-refractivity contribution in [2.45, 2.75) is 12.5 Å². The first-order valence-corrected chi connectivity index (χ1v) is 3.71. The number of halogens is 2. The van der Waals surface area contributed by atoms with Crippen LogP contribution in [0.4, 0.5) is 10.3 Å². The van der Waals surface area contributed by atoms with Gasteiger partial charge in [0.15, 0.2) is 0 Å². The summed E-state index contributed by atoms with van der Waals surface area (Å²) in [6, 6.07) is 1.98. The predicted molar refractivity (Wildman–Crippen MR) is 50.1 cm³/mol. The highest BCUT2D eigenvalue weighted by atomic mass is 35.5. The van der Waals surface area contributed by atoms with Gasteiger partial charge in [-0.1, -0.05) is 0 Å². The molecular formula is C7H10ClFN2O3. The first kappa shape index (κ1) is 12.9. The Labute approximate surface area is 85.6 Å². The van der Waals surface area contributed by atoms with E-state index in [1.807, 2.05) is 0 Å². The summed E-state index contributed by atoms with van der Waals surface area (Å²) in [6.07, 6.45) is 0.102. The molecule has 1 heterocycles. The molecule has 1 atom stereocenters. The second kappa shape index (κ2) is 5.56. The van der Waals surface area contributed by atoms with Crippen LogP contribution in [0.3, 0.4) is 0 Å². The molecule has 7 heteroatoms. The van der Waals surface area contributed by atoms with Gasteiger partial charge in [0, 0.05) is 0 Å². The molecule has 0 fully saturated rings. The monoisotopic (exact) mass is 224 g/mol. The zero-order valence-electron chi connectivity index (χ0n) is 7.18. The SMILES string of the molecule is Cl.N[C@H](CCF)c1ccc([N+](=O)[O-])o1. The predicted octanol–water partition coefficient (Wildman–Crippen LogP) is 1.97. The summed E-state index contributed by atoms with van der Waals surface area (Å²) in [7, 11) is 0. The average molecular weight is 225 g/mol. The number of hydrogen-bond acceptors (Lipinski definition) is 4. The fourth-order valence-electron chi connectivity index (χ4n) is 0.899. The summed E-state index contributed by atoms with van der Waals surface area (Å²) in [5, 5.41) is 10.2. The summed E-state index contributed by atoms with van der Waals surface area (Å²) >= 11 is 0. The Morgan fingerprint density at radius 3 is 2.71 bits per heavy atom. The average Bonchev–Trinajstić information content (AvgIpc) is 2.52. The Bertz CT molecular complexity index is 305. The molecule has 0 aliphatic carbocycles. The van der Waals surface area contributed by atoms with Crippen molar-refractivity contribution in [3.05, 3.63) is 28.0 Å². The Hall–Kier alpha value is -1.14. The van der Waals surface area contributed by atoms with E-state index in [-0.39, 0.29) is 30.5 Å². The van der Waals surface area contributed by atoms with Gasteiger partial charge < -0.3 is 10.2 Å². The molecule has 1 aromatic heterocycles. The lowest BCUT2D eigenvalue weighted by Crippen LogP contribution is -2.09. The smallest absolute Gasteiger partial charge is 0.404 e. The number of rotatable bonds is 4. The van der Waals surface area contributed by atoms with Crippen LogP contribution in [-0.4, -0.2) is 11.6 Å². The minimum Gasteiger partial charge on any atom is -0.404 e. The lowest BCUT2D eigenvalue weighted by Gasteiger charge is -2.03. The largest absolute Gasteiger partial charge is 0.433 e. The second-order valence-corrected chi connectivity index (χ2v) is 2.52. The van der Waals surface area contributed by atoms with Crippen molar-refractivity contribution >= 4 is 18.3 Å². The van der Waals surface area contributed by atoms with Crippen molar-refractivity contribution in [2.24, 2.45) is 5.73 Å². The third-order valence-corrected chi connectivity index (χ3v) is 1.58. The van der Waals surface area contributed by atoms with Crippen molar-refractivity contribution in [1.29, 1.82) is 0 Å². The Morgan fingerprint density at radius 2 is 2.29 bits per heavy atom. The number of nitrogens with two attached hydrogens (primary N) is 1. The third-order valence-electron chi connectivity index (χ3n) is 1.58. The number of nitro groups is 1. The number of alkyl halides is 1. The summed E-state index contributed by atoms with van der Waals surface area (Å²) in [5.41, 5.74) is 5.46. The van der Waals surface area contributed by atoms with Gasteiger partial charge in [0.2, 0.25) is 0 Å². The van der Waals surface area contributed by atoms with Crippen LogP contribution in [0.1, 0.15) is 18.2 Å². The van der Waals surface area contributed by atoms with E-state index in [1.165, 1.54) is 12.1 Å². The van der Waals surface area contributed by atoms with E-state index in [4.69, 9.17) is 10.2 Å². The highest BCUT2D eigenvalue weighted by Crippen LogP contribution is 2.21. The molecule has 5 nitrogen and oxygen atoms in total. The van der Waals surface area contributed by atoms with E-state index >= 15 is 0 Å². The highest BCUT2D eigenvalue weighted by Gasteiger charge is 2.16. The number of furan rings is 1. The minimum absolute atomic E-state index is 0. The maximum absolute atomic E-state index is 11.8. The molecule has 0 radical (unpaired) electrons. The van der Waals surface area contributed by atoms with Crippen molar-refractivity contribution in [2.75, 3.05) is 6.67 Å². The fraction of sp³-hybridized carbons (Fsp3) is 0.429. The molecule has 0 amide bonds. The van der Waals surface area contributed by atoms with E-state index in [2.05, 4.69) is 0 Å². The van der Waals surface area contributed by atoms with Gasteiger partial charge in [-0.2, -0.15) is 0 Å². The van der Waals surface area contributed by atoms with E-state index in [0.717, 1.165) is 0 Å². The van der Waals surface area contributed by atoms with Crippen LogP contribution in [-0.2, 0) is 0 Å². The van der Waals surface area contributed by atoms with Gasteiger partial charge in [0.25, 0.3) is 0 Å². The lowest BCUT2D eigenvalue weighted by molar-refractivity contribution is -0.402. The topological polar surface area (TPSA) is 82.3 Å². The summed E-state index contributed by atoms with van der Waals surface area (Å²) in [4.78, 5) is 9.53. The molecule has 0 aliphatic heterocycles. The summed E-state index contributed by atoms with van der Waals surface area (Å²) in [5.74, 6) is -0.131. The molecule has 0 unspecified atom stereocenters. The van der Waals surface area contributed by atoms with E-state index in [0.29, 0.717) is 0 Å². The van der Waals surface area contributed by atoms with Crippen molar-refractivity contribution < 1.29 is 13.7 Å². The van der Waals surface area contributed by atoms with E-state index in [1.54, 1.807) is 0 Å². The Morgan fingerprint density at radius 1 is 1.64 bits per heavy atom. The minimum atomic E-state index is -0.661. The maximum Gasteiger partial charge on any atom is 0.433 e. The zero-order valence-corrected chi connectivity index (χ0v) is 8.00. The molecule has 0 aromatic carbocycles. The first-order chi connectivity index (χ1) is 6.15. The summed E-state index contributed by atoms with van der Waals surface area (Å²) in [6.45, 7) is -0.574. The van der Waals surface area contributed by atoms with Gasteiger partial charge in [-0.15, -0.1) is 12.4 Å². The molecule has 0 saturated carbocycles. The highest BCUT2D eigenvalue weighted by molar-refractivity contribution is 5.85. The van der Waals surface area contributed by atoms with Crippen LogP contribution in [0.25, 0.3) is 0 Å². The molecule has 2 N–H and O–H groups in total. The van der Waals surface area contributed by atoms with Gasteiger partial charge in [-0.3, -0.25) is 14.5 Å². The van der Waals surface area contributed by atoms with Crippen molar-refractivity contribution in [3.63, 3.8) is 0 Å². The Balaban J connectivity index is 0.00000169. The third kappa shape index (κ3) is 2.97. The van der Waals surface area contributed by atoms with Crippen molar-refractivity contribution in [1.82, 2.24) is 0 Å². The van der Waals surface area contributed by atoms with E-state index < -0.39 is 17.6 Å². The summed E-state index contributed by atoms with van der Waals surface area (Å²) < 4.78 is 16.6. The van der Waals surface area contributed by atoms with Crippen LogP contribution in [0.5, 0.6) is 0 Å². The van der Waals surface area contributed by atoms with Crippen LogP contribution < -0.4 is 5.73 Å². The van der Waals surface area contributed by atoms with Crippen LogP contribution in [0.2, 0.25) is 0 Å². The molecule has 1 aromatic rings. The molecule has 80 valence electrons. The molecule has 0 bridgehead atoms. The van der Waals surface area contributed by atoms with E-state index in [9.17, 15) is 14.5 Å². The lowest BCUT2D eigenvalue weighted by atomic mass is 10.2. The molecular weight excluding hydrogens is 215 g/mol. The van der Waals surface area contributed by atoms with Crippen LogP contribution in [0.15, 0.2) is 16.5 Å². The maximum atomic E-state index is 11.8. The molecule has 0 spiro atoms. The molecule has 0 aliphatic rings. The number of nitrogens with zero attached hydrogens (tertiary/aromatic N) is 1. The van der Waals surface area contributed by atoms with Gasteiger partial charge in [-0.05, 0) is 12.5 Å². The molecule has 14 heavy (non-hydrogen) atoms. The van der Waals surface area contributed by atoms with Gasteiger partial charge in [0.05, 0.1) is 18.8 Å². The van der Waals surface area contributed by atoms with Crippen LogP contribution >= 0.6 is 12.4 Å². The normalized spacial score (nSPS) is 11.9. The second-order valence-electron chi connectivity index (χ2n) is 2.52. The van der Waals surface area contributed by atoms with Crippen LogP contribution in [0, 0.1) is 10.1 Å². The Kier molecular flexibility index (Phi) is 5.11. The van der Waals surface area contributed by atoms with Gasteiger partial charge in [-0.25, -0.2) is 0 Å². The molecule has 1 rings (SSSR count). The van der Waals surface area contributed by atoms with Gasteiger partial charge >= 0.3 is 5.88 Å². The number of hydrogen-bond donors (Lipinski definition) is 1.